The average molecular weight is 266 g/mol. The number of benzene rings is 1. The first-order valence-electron chi connectivity index (χ1n) is 6.51. The maximum Gasteiger partial charge on any atom is 0.256 e. The lowest BCUT2D eigenvalue weighted by Gasteiger charge is -2.34. The van der Waals surface area contributed by atoms with E-state index in [0.29, 0.717) is 18.8 Å². The Morgan fingerprint density at radius 3 is 2.53 bits per heavy atom. The molecule has 1 aromatic rings. The van der Waals surface area contributed by atoms with Crippen molar-refractivity contribution < 1.29 is 13.9 Å². The Morgan fingerprint density at radius 2 is 2.00 bits per heavy atom. The number of piperazine rings is 1. The van der Waals surface area contributed by atoms with Gasteiger partial charge in [-0.25, -0.2) is 4.39 Å². The second kappa shape index (κ2) is 6.02. The number of hydrogen-bond acceptors (Lipinski definition) is 3. The van der Waals surface area contributed by atoms with Gasteiger partial charge in [-0.1, -0.05) is 6.92 Å². The summed E-state index contributed by atoms with van der Waals surface area (Å²) in [5.74, 6) is -0.344. The standard InChI is InChI=1S/C14H19FN2O2/c1-3-16-6-8-17(9-7-16)14(18)12-5-4-11(19-2)10-13(12)15/h4-5,10H,3,6-9H2,1-2H3. The fourth-order valence-electron chi connectivity index (χ4n) is 2.23. The molecule has 2 rings (SSSR count). The van der Waals surface area contributed by atoms with E-state index in [-0.39, 0.29) is 11.5 Å². The van der Waals surface area contributed by atoms with Gasteiger partial charge in [-0.2, -0.15) is 0 Å². The fourth-order valence-corrected chi connectivity index (χ4v) is 2.23. The van der Waals surface area contributed by atoms with Crippen LogP contribution in [-0.4, -0.2) is 55.5 Å². The zero-order valence-electron chi connectivity index (χ0n) is 11.4. The molecule has 0 bridgehead atoms. The Kier molecular flexibility index (Phi) is 4.37. The molecule has 0 radical (unpaired) electrons. The van der Waals surface area contributed by atoms with Crippen molar-refractivity contribution in [2.45, 2.75) is 6.92 Å². The smallest absolute Gasteiger partial charge is 0.256 e. The SMILES string of the molecule is CCN1CCN(C(=O)c2ccc(OC)cc2F)CC1. The van der Waals surface area contributed by atoms with Crippen molar-refractivity contribution >= 4 is 5.91 Å². The first kappa shape index (κ1) is 13.8. The molecule has 1 heterocycles. The van der Waals surface area contributed by atoms with Crippen LogP contribution in [0.4, 0.5) is 4.39 Å². The highest BCUT2D eigenvalue weighted by molar-refractivity contribution is 5.94. The minimum Gasteiger partial charge on any atom is -0.497 e. The quantitative estimate of drug-likeness (QED) is 0.833. The van der Waals surface area contributed by atoms with E-state index in [1.807, 2.05) is 0 Å². The number of carbonyl (C=O) groups is 1. The van der Waals surface area contributed by atoms with E-state index >= 15 is 0 Å². The van der Waals surface area contributed by atoms with Crippen molar-refractivity contribution in [1.82, 2.24) is 9.80 Å². The molecule has 1 amide bonds. The van der Waals surface area contributed by atoms with Crippen molar-refractivity contribution in [2.75, 3.05) is 39.8 Å². The molecule has 0 N–H and O–H groups in total. The normalized spacial score (nSPS) is 16.5. The van der Waals surface area contributed by atoms with E-state index < -0.39 is 5.82 Å². The number of hydrogen-bond donors (Lipinski definition) is 0. The number of rotatable bonds is 3. The Morgan fingerprint density at radius 1 is 1.32 bits per heavy atom. The zero-order chi connectivity index (χ0) is 13.8. The predicted octanol–water partition coefficient (Wildman–Crippen LogP) is 1.61. The number of amides is 1. The van der Waals surface area contributed by atoms with Gasteiger partial charge in [0.05, 0.1) is 12.7 Å². The van der Waals surface area contributed by atoms with Crippen LogP contribution < -0.4 is 4.74 Å². The summed E-state index contributed by atoms with van der Waals surface area (Å²) in [6, 6.07) is 4.34. The van der Waals surface area contributed by atoms with Crippen molar-refractivity contribution in [1.29, 1.82) is 0 Å². The summed E-state index contributed by atoms with van der Waals surface area (Å²) in [5, 5.41) is 0. The molecule has 1 saturated heterocycles. The van der Waals surface area contributed by atoms with Crippen LogP contribution >= 0.6 is 0 Å². The van der Waals surface area contributed by atoms with Crippen LogP contribution in [0.15, 0.2) is 18.2 Å². The third kappa shape index (κ3) is 3.04. The third-order valence-electron chi connectivity index (χ3n) is 3.51. The number of nitrogens with zero attached hydrogens (tertiary/aromatic N) is 2. The highest BCUT2D eigenvalue weighted by Crippen LogP contribution is 2.18. The zero-order valence-corrected chi connectivity index (χ0v) is 11.4. The Balaban J connectivity index is 2.08. The van der Waals surface area contributed by atoms with Gasteiger partial charge < -0.3 is 14.5 Å². The summed E-state index contributed by atoms with van der Waals surface area (Å²) < 4.78 is 18.8. The minimum atomic E-state index is -0.526. The topological polar surface area (TPSA) is 32.8 Å². The summed E-state index contributed by atoms with van der Waals surface area (Å²) in [6.45, 7) is 6.08. The van der Waals surface area contributed by atoms with Crippen LogP contribution in [0.3, 0.4) is 0 Å². The molecule has 1 fully saturated rings. The van der Waals surface area contributed by atoms with Gasteiger partial charge in [-0.05, 0) is 18.7 Å². The van der Waals surface area contributed by atoms with Crippen molar-refractivity contribution in [2.24, 2.45) is 0 Å². The van der Waals surface area contributed by atoms with Crippen LogP contribution in [0.25, 0.3) is 0 Å². The molecule has 0 unspecified atom stereocenters. The van der Waals surface area contributed by atoms with Gasteiger partial charge in [0.25, 0.3) is 5.91 Å². The molecule has 1 aliphatic heterocycles. The van der Waals surface area contributed by atoms with Crippen LogP contribution in [0.2, 0.25) is 0 Å². The number of halogens is 1. The predicted molar refractivity (Wildman–Crippen MR) is 71.0 cm³/mol. The van der Waals surface area contributed by atoms with Crippen LogP contribution in [-0.2, 0) is 0 Å². The lowest BCUT2D eigenvalue weighted by molar-refractivity contribution is 0.0639. The molecule has 0 spiro atoms. The molecule has 19 heavy (non-hydrogen) atoms. The van der Waals surface area contributed by atoms with Gasteiger partial charge in [-0.3, -0.25) is 4.79 Å². The summed E-state index contributed by atoms with van der Waals surface area (Å²) in [4.78, 5) is 16.2. The van der Waals surface area contributed by atoms with Gasteiger partial charge in [0.1, 0.15) is 11.6 Å². The monoisotopic (exact) mass is 266 g/mol. The highest BCUT2D eigenvalue weighted by atomic mass is 19.1. The first-order valence-corrected chi connectivity index (χ1v) is 6.51. The second-order valence-corrected chi connectivity index (χ2v) is 4.57. The Hall–Kier alpha value is -1.62. The van der Waals surface area contributed by atoms with Crippen molar-refractivity contribution in [3.05, 3.63) is 29.6 Å². The first-order chi connectivity index (χ1) is 9.15. The summed E-state index contributed by atoms with van der Waals surface area (Å²) in [7, 11) is 1.47. The largest absolute Gasteiger partial charge is 0.497 e. The molecule has 0 atom stereocenters. The summed E-state index contributed by atoms with van der Waals surface area (Å²) in [5.41, 5.74) is 0.116. The van der Waals surface area contributed by atoms with Gasteiger partial charge in [0.2, 0.25) is 0 Å². The van der Waals surface area contributed by atoms with E-state index in [9.17, 15) is 9.18 Å². The maximum atomic E-state index is 13.8. The van der Waals surface area contributed by atoms with E-state index in [1.54, 1.807) is 11.0 Å². The summed E-state index contributed by atoms with van der Waals surface area (Å²) in [6.07, 6.45) is 0. The molecule has 104 valence electrons. The molecule has 5 heteroatoms. The van der Waals surface area contributed by atoms with Gasteiger partial charge in [0.15, 0.2) is 0 Å². The highest BCUT2D eigenvalue weighted by Gasteiger charge is 2.23. The molecule has 1 aliphatic rings. The second-order valence-electron chi connectivity index (χ2n) is 4.57. The number of carbonyl (C=O) groups excluding carboxylic acids is 1. The molecule has 0 saturated carbocycles. The van der Waals surface area contributed by atoms with Gasteiger partial charge in [0, 0.05) is 32.2 Å². The fraction of sp³-hybridized carbons (Fsp3) is 0.500. The van der Waals surface area contributed by atoms with Gasteiger partial charge >= 0.3 is 0 Å². The molecular formula is C14H19FN2O2. The molecule has 0 aliphatic carbocycles. The maximum absolute atomic E-state index is 13.8. The van der Waals surface area contributed by atoms with Gasteiger partial charge in [-0.15, -0.1) is 0 Å². The Bertz CT molecular complexity index is 457. The third-order valence-corrected chi connectivity index (χ3v) is 3.51. The summed E-state index contributed by atoms with van der Waals surface area (Å²) >= 11 is 0. The lowest BCUT2D eigenvalue weighted by atomic mass is 10.1. The molecular weight excluding hydrogens is 247 g/mol. The molecule has 4 nitrogen and oxygen atoms in total. The van der Waals surface area contributed by atoms with Crippen LogP contribution in [0.5, 0.6) is 5.75 Å². The van der Waals surface area contributed by atoms with Crippen molar-refractivity contribution in [3.63, 3.8) is 0 Å². The number of ether oxygens (including phenoxy) is 1. The van der Waals surface area contributed by atoms with E-state index in [4.69, 9.17) is 4.74 Å². The molecule has 0 aromatic heterocycles. The Labute approximate surface area is 112 Å². The van der Waals surface area contributed by atoms with E-state index in [1.165, 1.54) is 19.2 Å². The van der Waals surface area contributed by atoms with Crippen LogP contribution in [0, 0.1) is 5.82 Å². The number of methoxy groups -OCH3 is 1. The number of likely N-dealkylation sites (N-methyl/N-ethyl adjacent to an activating group) is 1. The average Bonchev–Trinajstić information content (AvgIpc) is 2.46. The lowest BCUT2D eigenvalue weighted by Crippen LogP contribution is -2.48. The van der Waals surface area contributed by atoms with E-state index in [0.717, 1.165) is 19.6 Å². The van der Waals surface area contributed by atoms with Crippen molar-refractivity contribution in [3.8, 4) is 5.75 Å². The van der Waals surface area contributed by atoms with E-state index in [2.05, 4.69) is 11.8 Å². The minimum absolute atomic E-state index is 0.116. The van der Waals surface area contributed by atoms with Crippen LogP contribution in [0.1, 0.15) is 17.3 Å². The molecule has 1 aromatic carbocycles.